The Morgan fingerprint density at radius 2 is 1.94 bits per heavy atom. The molecule has 5 nitrogen and oxygen atoms in total. The number of rotatable bonds is 5. The molecule has 1 saturated heterocycles. The van der Waals surface area contributed by atoms with Crippen molar-refractivity contribution in [3.05, 3.63) is 65.4 Å². The van der Waals surface area contributed by atoms with E-state index in [4.69, 9.17) is 4.74 Å². The minimum atomic E-state index is -4.40. The van der Waals surface area contributed by atoms with Gasteiger partial charge in [0, 0.05) is 44.0 Å². The third kappa shape index (κ3) is 6.63. The second-order valence-corrected chi connectivity index (χ2v) is 8.06. The summed E-state index contributed by atoms with van der Waals surface area (Å²) in [6.45, 7) is 7.00. The number of piperazine rings is 1. The number of halogens is 3. The van der Waals surface area contributed by atoms with Crippen LogP contribution < -0.4 is 10.1 Å². The summed E-state index contributed by atoms with van der Waals surface area (Å²) in [5.74, 6) is 0.677. The number of hydrogen-bond donors (Lipinski definition) is 1. The van der Waals surface area contributed by atoms with Crippen LogP contribution in [0.3, 0.4) is 0 Å². The molecule has 0 saturated carbocycles. The lowest BCUT2D eigenvalue weighted by atomic mass is 10.0. The maximum absolute atomic E-state index is 13.0. The van der Waals surface area contributed by atoms with Crippen LogP contribution in [0.4, 0.5) is 18.0 Å². The van der Waals surface area contributed by atoms with Crippen LogP contribution in [0.1, 0.15) is 31.4 Å². The molecule has 0 radical (unpaired) electrons. The van der Waals surface area contributed by atoms with E-state index >= 15 is 0 Å². The van der Waals surface area contributed by atoms with E-state index in [0.717, 1.165) is 24.3 Å². The Morgan fingerprint density at radius 3 is 2.62 bits per heavy atom. The van der Waals surface area contributed by atoms with Gasteiger partial charge >= 0.3 is 12.2 Å². The van der Waals surface area contributed by atoms with Crippen molar-refractivity contribution in [3.8, 4) is 5.75 Å². The zero-order chi connectivity index (χ0) is 23.1. The predicted molar refractivity (Wildman–Crippen MR) is 118 cm³/mol. The predicted octanol–water partition coefficient (Wildman–Crippen LogP) is 4.97. The molecule has 1 aliphatic carbocycles. The molecule has 1 N–H and O–H groups in total. The van der Waals surface area contributed by atoms with Gasteiger partial charge in [-0.1, -0.05) is 37.3 Å². The molecule has 1 atom stereocenters. The van der Waals surface area contributed by atoms with Crippen LogP contribution in [0.5, 0.6) is 5.75 Å². The number of nitrogens with one attached hydrogen (secondary N) is 1. The molecule has 2 aliphatic rings. The molecule has 1 aromatic carbocycles. The lowest BCUT2D eigenvalue weighted by Gasteiger charge is -2.35. The molecule has 1 heterocycles. The summed E-state index contributed by atoms with van der Waals surface area (Å²) in [5, 5.41) is 2.97. The first kappa shape index (κ1) is 23.9. The smallest absolute Gasteiger partial charge is 0.416 e. The van der Waals surface area contributed by atoms with Gasteiger partial charge in [-0.05, 0) is 37.5 Å². The lowest BCUT2D eigenvalue weighted by molar-refractivity contribution is -0.137. The van der Waals surface area contributed by atoms with Gasteiger partial charge in [-0.3, -0.25) is 4.90 Å². The number of amides is 2. The number of carbonyl (C=O) groups excluding carboxylic acids is 1. The molecule has 8 heteroatoms. The topological polar surface area (TPSA) is 44.8 Å². The van der Waals surface area contributed by atoms with Crippen LogP contribution in [0.15, 0.2) is 54.3 Å². The Kier molecular flexibility index (Phi) is 8.01. The van der Waals surface area contributed by atoms with Crippen LogP contribution >= 0.6 is 0 Å². The number of benzene rings is 1. The van der Waals surface area contributed by atoms with E-state index in [-0.39, 0.29) is 11.8 Å². The number of allylic oxidation sites excluding steroid dienone is 5. The van der Waals surface area contributed by atoms with E-state index in [0.29, 0.717) is 50.8 Å². The number of alkyl halides is 3. The summed E-state index contributed by atoms with van der Waals surface area (Å²) in [6.07, 6.45) is 6.39. The van der Waals surface area contributed by atoms with Gasteiger partial charge in [-0.2, -0.15) is 13.2 Å². The molecular formula is C24H30F3N3O2. The molecule has 1 aliphatic heterocycles. The van der Waals surface area contributed by atoms with Gasteiger partial charge in [0.1, 0.15) is 5.75 Å². The molecule has 1 fully saturated rings. The van der Waals surface area contributed by atoms with Crippen molar-refractivity contribution in [1.82, 2.24) is 15.1 Å². The summed E-state index contributed by atoms with van der Waals surface area (Å²) in [6, 6.07) is 3.50. The van der Waals surface area contributed by atoms with Crippen molar-refractivity contribution in [2.75, 3.05) is 32.8 Å². The maximum atomic E-state index is 13.0. The Labute approximate surface area is 187 Å². The van der Waals surface area contributed by atoms with Crippen LogP contribution in [0.2, 0.25) is 0 Å². The van der Waals surface area contributed by atoms with Crippen molar-refractivity contribution in [1.29, 1.82) is 0 Å². The van der Waals surface area contributed by atoms with Crippen molar-refractivity contribution in [2.24, 2.45) is 5.92 Å². The summed E-state index contributed by atoms with van der Waals surface area (Å²) in [5.41, 5.74) is 0.790. The van der Waals surface area contributed by atoms with Gasteiger partial charge in [0.05, 0.1) is 12.2 Å². The monoisotopic (exact) mass is 449 g/mol. The summed E-state index contributed by atoms with van der Waals surface area (Å²) in [4.78, 5) is 16.5. The highest BCUT2D eigenvalue weighted by atomic mass is 19.4. The molecular weight excluding hydrogens is 419 g/mol. The zero-order valence-corrected chi connectivity index (χ0v) is 18.5. The minimum Gasteiger partial charge on any atom is -0.494 e. The van der Waals surface area contributed by atoms with E-state index in [1.54, 1.807) is 11.8 Å². The average Bonchev–Trinajstić information content (AvgIpc) is 2.74. The number of ether oxygens (including phenoxy) is 1. The van der Waals surface area contributed by atoms with Crippen molar-refractivity contribution in [2.45, 2.75) is 33.0 Å². The fourth-order valence-corrected chi connectivity index (χ4v) is 3.67. The summed E-state index contributed by atoms with van der Waals surface area (Å²) in [7, 11) is 0. The van der Waals surface area contributed by atoms with E-state index in [1.165, 1.54) is 6.07 Å². The molecule has 174 valence electrons. The van der Waals surface area contributed by atoms with E-state index in [9.17, 15) is 18.0 Å². The summed E-state index contributed by atoms with van der Waals surface area (Å²) < 4.78 is 44.5. The molecule has 1 aromatic rings. The maximum Gasteiger partial charge on any atom is 0.416 e. The first-order valence-corrected chi connectivity index (χ1v) is 10.9. The Bertz CT molecular complexity index is 885. The third-order valence-electron chi connectivity index (χ3n) is 5.54. The second-order valence-electron chi connectivity index (χ2n) is 8.06. The van der Waals surface area contributed by atoms with Crippen molar-refractivity contribution < 1.29 is 22.7 Å². The summed E-state index contributed by atoms with van der Waals surface area (Å²) >= 11 is 0. The molecule has 0 bridgehead atoms. The highest BCUT2D eigenvalue weighted by molar-refractivity contribution is 5.76. The highest BCUT2D eigenvalue weighted by Crippen LogP contribution is 2.33. The normalized spacial score (nSPS) is 23.5. The quantitative estimate of drug-likeness (QED) is 0.691. The fourth-order valence-electron chi connectivity index (χ4n) is 3.67. The van der Waals surface area contributed by atoms with E-state index in [2.05, 4.69) is 23.2 Å². The molecule has 2 amide bonds. The lowest BCUT2D eigenvalue weighted by Crippen LogP contribution is -2.51. The van der Waals surface area contributed by atoms with Gasteiger partial charge in [0.15, 0.2) is 0 Å². The van der Waals surface area contributed by atoms with Gasteiger partial charge < -0.3 is 15.0 Å². The van der Waals surface area contributed by atoms with Crippen LogP contribution in [-0.2, 0) is 12.7 Å². The van der Waals surface area contributed by atoms with Crippen LogP contribution in [-0.4, -0.2) is 48.6 Å². The average molecular weight is 450 g/mol. The molecule has 0 aromatic heterocycles. The van der Waals surface area contributed by atoms with Crippen molar-refractivity contribution in [3.63, 3.8) is 0 Å². The first-order valence-electron chi connectivity index (χ1n) is 10.9. The van der Waals surface area contributed by atoms with Crippen LogP contribution in [0, 0.1) is 5.92 Å². The van der Waals surface area contributed by atoms with Gasteiger partial charge in [-0.15, -0.1) is 0 Å². The second kappa shape index (κ2) is 10.7. The Hall–Kier alpha value is -2.74. The number of urea groups is 1. The number of nitrogens with zero attached hydrogens (tertiary/aromatic N) is 2. The van der Waals surface area contributed by atoms with Crippen molar-refractivity contribution >= 4 is 6.03 Å². The fraction of sp³-hybridized carbons (Fsp3) is 0.458. The largest absolute Gasteiger partial charge is 0.494 e. The molecule has 1 unspecified atom stereocenters. The van der Waals surface area contributed by atoms with E-state index < -0.39 is 11.7 Å². The number of carbonyl (C=O) groups is 1. The SMILES string of the molecule is CCOc1cc(C(F)(F)F)ccc1CN1CCN(C(=O)NC2=C\CC(C)/C=C/C=C\2)CC1. The van der Waals surface area contributed by atoms with Crippen LogP contribution in [0.25, 0.3) is 0 Å². The van der Waals surface area contributed by atoms with Gasteiger partial charge in [0.2, 0.25) is 0 Å². The van der Waals surface area contributed by atoms with E-state index in [1.807, 2.05) is 24.3 Å². The minimum absolute atomic E-state index is 0.137. The third-order valence-corrected chi connectivity index (χ3v) is 5.54. The Morgan fingerprint density at radius 1 is 1.19 bits per heavy atom. The Balaban J connectivity index is 1.56. The number of hydrogen-bond acceptors (Lipinski definition) is 3. The standard InChI is InChI=1S/C24H30F3N3O2/c1-3-32-22-16-20(24(25,26)27)10-9-19(22)17-29-12-14-30(15-13-29)23(31)28-21-7-5-4-6-18(2)8-11-21/h4-7,9-11,16,18H,3,8,12-15,17H2,1-2H3,(H,28,31)/b6-4+,7-5-,21-11-. The zero-order valence-electron chi connectivity index (χ0n) is 18.5. The molecule has 0 spiro atoms. The van der Waals surface area contributed by atoms with Gasteiger partial charge in [0.25, 0.3) is 0 Å². The first-order chi connectivity index (χ1) is 15.3. The molecule has 3 rings (SSSR count). The van der Waals surface area contributed by atoms with Gasteiger partial charge in [-0.25, -0.2) is 4.79 Å². The highest BCUT2D eigenvalue weighted by Gasteiger charge is 2.31. The molecule has 32 heavy (non-hydrogen) atoms.